The molecule has 1 aliphatic heterocycles. The first-order valence-electron chi connectivity index (χ1n) is 7.77. The van der Waals surface area contributed by atoms with Crippen molar-refractivity contribution in [3.63, 3.8) is 0 Å². The summed E-state index contributed by atoms with van der Waals surface area (Å²) < 4.78 is 70.0. The van der Waals surface area contributed by atoms with Crippen LogP contribution >= 0.6 is 0 Å². The molecule has 2 N–H and O–H groups in total. The number of carbonyl (C=O) groups is 1. The molecule has 4 nitrogen and oxygen atoms in total. The van der Waals surface area contributed by atoms with E-state index in [1.54, 1.807) is 0 Å². The largest absolute Gasteiger partial charge is 0.465 e. The number of aliphatic hydroxyl groups is 1. The summed E-state index contributed by atoms with van der Waals surface area (Å²) in [6, 6.07) is -3.15. The monoisotopic (exact) mass is 180 g/mol. The van der Waals surface area contributed by atoms with Gasteiger partial charge < -0.3 is 15.1 Å². The van der Waals surface area contributed by atoms with E-state index in [-0.39, 0.29) is 0 Å². The fraction of sp³-hybridized carbons (Fsp3) is 0.875. The third-order valence-corrected chi connectivity index (χ3v) is 1.54. The molecule has 68 valence electrons. The van der Waals surface area contributed by atoms with E-state index >= 15 is 0 Å². The molecule has 1 saturated heterocycles. The van der Waals surface area contributed by atoms with Gasteiger partial charge in [0.15, 0.2) is 0 Å². The van der Waals surface area contributed by atoms with Gasteiger partial charge in [-0.1, -0.05) is 0 Å². The quantitative estimate of drug-likeness (QED) is 0.612. The Morgan fingerprint density at radius 2 is 2.42 bits per heavy atom. The van der Waals surface area contributed by atoms with Crippen LogP contribution in [0.5, 0.6) is 0 Å². The van der Waals surface area contributed by atoms with Crippen molar-refractivity contribution in [1.29, 1.82) is 0 Å². The van der Waals surface area contributed by atoms with Crippen LogP contribution in [0.4, 0.5) is 4.79 Å². The topological polar surface area (TPSA) is 60.8 Å². The van der Waals surface area contributed by atoms with Crippen molar-refractivity contribution >= 4 is 6.09 Å². The van der Waals surface area contributed by atoms with Gasteiger partial charge in [-0.2, -0.15) is 0 Å². The molecule has 2 fully saturated rings. The van der Waals surface area contributed by atoms with Gasteiger partial charge in [0.2, 0.25) is 0 Å². The Labute approximate surface area is 83.4 Å². The Kier molecular flexibility index (Phi) is 0.570. The first-order valence-corrected chi connectivity index (χ1v) is 3.27. The van der Waals surface area contributed by atoms with Crippen LogP contribution in [0.15, 0.2) is 0 Å². The highest BCUT2D eigenvalue weighted by atomic mass is 16.4. The molecule has 1 heterocycles. The van der Waals surface area contributed by atoms with Gasteiger partial charge in [0.25, 0.3) is 0 Å². The van der Waals surface area contributed by atoms with E-state index in [0.717, 1.165) is 0 Å². The maximum atomic E-state index is 11.3. The molecule has 0 aromatic rings. The molecule has 1 aliphatic carbocycles. The molecule has 2 rings (SSSR count). The lowest BCUT2D eigenvalue weighted by Crippen LogP contribution is -2.45. The molecule has 12 heavy (non-hydrogen) atoms. The number of aliphatic hydroxyl groups excluding tert-OH is 1. The number of hydrogen-bond donors (Lipinski definition) is 2. The fourth-order valence-electron chi connectivity index (χ4n) is 0.924. The van der Waals surface area contributed by atoms with Gasteiger partial charge in [-0.25, -0.2) is 4.79 Å². The summed E-state index contributed by atoms with van der Waals surface area (Å²) in [5, 5.41) is 18.4. The van der Waals surface area contributed by atoms with Crippen molar-refractivity contribution < 1.29 is 27.3 Å². The highest BCUT2D eigenvalue weighted by Crippen LogP contribution is 2.46. The van der Waals surface area contributed by atoms with E-state index < -0.39 is 54.6 Å². The number of nitrogens with zero attached hydrogens (tertiary/aromatic N) is 1. The van der Waals surface area contributed by atoms with Crippen LogP contribution < -0.4 is 0 Å². The van der Waals surface area contributed by atoms with Crippen LogP contribution in [0.2, 0.25) is 0 Å². The van der Waals surface area contributed by atoms with Gasteiger partial charge in [-0.05, 0) is 24.5 Å². The third kappa shape index (κ3) is 1.16. The fourth-order valence-corrected chi connectivity index (χ4v) is 0.924. The maximum Gasteiger partial charge on any atom is 0.407 e. The Bertz CT molecular complexity index is 527. The van der Waals surface area contributed by atoms with Crippen LogP contribution in [0, 0.1) is 11.8 Å². The van der Waals surface area contributed by atoms with Crippen LogP contribution in [0.25, 0.3) is 0 Å². The summed E-state index contributed by atoms with van der Waals surface area (Å²) in [6.07, 6.45) is -8.48. The van der Waals surface area contributed by atoms with Crippen molar-refractivity contribution in [3.05, 3.63) is 0 Å². The standard InChI is InChI=1S/C8H13NO3/c10-4-7-2-5-1-6(5)3-9(7)8(11)12/h5-7,10H,1-4H2,(H,11,12)/t5-,6+,7-/m0/s1/i1D2,2D2,3D2,5D,6D,7D. The average Bonchev–Trinajstić information content (AvgIpc) is 2.70. The summed E-state index contributed by atoms with van der Waals surface area (Å²) in [7, 11) is 0. The zero-order valence-corrected chi connectivity index (χ0v) is 5.96. The van der Waals surface area contributed by atoms with E-state index in [1.807, 2.05) is 0 Å². The molecule has 4 heteroatoms. The van der Waals surface area contributed by atoms with Gasteiger partial charge in [0.05, 0.1) is 14.0 Å². The SMILES string of the molecule is [2H]C1([2H])N(C(=O)O)[C@]([2H])(CO)C([2H])([2H])[C@]2([2H])C([2H])([2H])[C@]12[2H]. The van der Waals surface area contributed by atoms with Gasteiger partial charge in [0, 0.05) is 17.5 Å². The van der Waals surface area contributed by atoms with E-state index in [0.29, 0.717) is 0 Å². The van der Waals surface area contributed by atoms with Crippen LogP contribution in [0.3, 0.4) is 0 Å². The van der Waals surface area contributed by atoms with Crippen molar-refractivity contribution in [2.75, 3.05) is 13.1 Å². The van der Waals surface area contributed by atoms with Gasteiger partial charge in [-0.15, -0.1) is 0 Å². The first-order chi connectivity index (χ1) is 9.13. The predicted octanol–water partition coefficient (Wildman–Crippen LogP) is 0.367. The van der Waals surface area contributed by atoms with E-state index in [2.05, 4.69) is 0 Å². The number of piperidine rings is 1. The third-order valence-electron chi connectivity index (χ3n) is 1.54. The number of likely N-dealkylation sites (tertiary alicyclic amines) is 1. The van der Waals surface area contributed by atoms with E-state index in [4.69, 9.17) is 17.4 Å². The van der Waals surface area contributed by atoms with Gasteiger partial charge >= 0.3 is 6.09 Å². The van der Waals surface area contributed by atoms with Gasteiger partial charge in [-0.3, -0.25) is 0 Å². The van der Waals surface area contributed by atoms with Crippen molar-refractivity contribution in [2.45, 2.75) is 18.8 Å². The van der Waals surface area contributed by atoms with E-state index in [9.17, 15) is 9.90 Å². The molecule has 0 bridgehead atoms. The zero-order chi connectivity index (χ0) is 16.9. The molecule has 0 spiro atoms. The first kappa shape index (κ1) is 2.61. The Morgan fingerprint density at radius 3 is 3.00 bits per heavy atom. The number of fused-ring (bicyclic) bond motifs is 1. The lowest BCUT2D eigenvalue weighted by Gasteiger charge is -2.31. The molecular formula is C8H13NO3. The summed E-state index contributed by atoms with van der Waals surface area (Å²) in [5.74, 6) is -6.10. The normalized spacial score (nSPS) is 81.1. The molecule has 0 unspecified atom stereocenters. The lowest BCUT2D eigenvalue weighted by atomic mass is 10.0. The van der Waals surface area contributed by atoms with E-state index in [1.165, 1.54) is 0 Å². The molecule has 3 atom stereocenters. The molecule has 0 aromatic heterocycles. The maximum absolute atomic E-state index is 11.3. The van der Waals surface area contributed by atoms with Crippen molar-refractivity contribution in [3.8, 4) is 0 Å². The highest BCUT2D eigenvalue weighted by molar-refractivity contribution is 5.65. The summed E-state index contributed by atoms with van der Waals surface area (Å²) >= 11 is 0. The zero-order valence-electron chi connectivity index (χ0n) is 15.0. The number of hydrogen-bond acceptors (Lipinski definition) is 2. The average molecular weight is 180 g/mol. The molecular weight excluding hydrogens is 158 g/mol. The minimum Gasteiger partial charge on any atom is -0.465 e. The molecule has 1 amide bonds. The smallest absolute Gasteiger partial charge is 0.407 e. The van der Waals surface area contributed by atoms with Crippen LogP contribution in [0.1, 0.15) is 25.1 Å². The second kappa shape index (κ2) is 2.62. The molecule has 2 aliphatic rings. The predicted molar refractivity (Wildman–Crippen MR) is 41.8 cm³/mol. The molecule has 1 saturated carbocycles. The highest BCUT2D eigenvalue weighted by Gasteiger charge is 2.46. The van der Waals surface area contributed by atoms with Crippen molar-refractivity contribution in [2.24, 2.45) is 11.8 Å². The Balaban J connectivity index is 2.84. The molecule has 0 radical (unpaired) electrons. The summed E-state index contributed by atoms with van der Waals surface area (Å²) in [6.45, 7) is -4.86. The van der Waals surface area contributed by atoms with Crippen LogP contribution in [-0.2, 0) is 0 Å². The minimum absolute atomic E-state index is 0.398. The summed E-state index contributed by atoms with van der Waals surface area (Å²) in [4.78, 5) is 10.9. The summed E-state index contributed by atoms with van der Waals surface area (Å²) in [5.41, 5.74) is 0. The van der Waals surface area contributed by atoms with Crippen molar-refractivity contribution in [1.82, 2.24) is 4.90 Å². The van der Waals surface area contributed by atoms with Gasteiger partial charge in [0.1, 0.15) is 0 Å². The Hall–Kier alpha value is -0.770. The number of amides is 1. The Morgan fingerprint density at radius 1 is 1.67 bits per heavy atom. The number of rotatable bonds is 1. The second-order valence-electron chi connectivity index (χ2n) is 2.33. The molecule has 0 aromatic carbocycles. The van der Waals surface area contributed by atoms with Crippen LogP contribution in [-0.4, -0.2) is 40.3 Å². The lowest BCUT2D eigenvalue weighted by molar-refractivity contribution is 0.0747. The number of carboxylic acid groups (broad SMARTS) is 1. The minimum atomic E-state index is -3.37. The second-order valence-corrected chi connectivity index (χ2v) is 2.33.